The van der Waals surface area contributed by atoms with E-state index in [4.69, 9.17) is 10.00 Å². The predicted molar refractivity (Wildman–Crippen MR) is 111 cm³/mol. The predicted octanol–water partition coefficient (Wildman–Crippen LogP) is 4.34. The largest absolute Gasteiger partial charge is 0.452 e. The van der Waals surface area contributed by atoms with Crippen LogP contribution in [0.25, 0.3) is 11.1 Å². The maximum Gasteiger partial charge on any atom is 0.311 e. The molecule has 3 aromatic carbocycles. The summed E-state index contributed by atoms with van der Waals surface area (Å²) < 4.78 is 5.24. The molecule has 29 heavy (non-hydrogen) atoms. The molecule has 1 amide bonds. The van der Waals surface area contributed by atoms with Crippen molar-refractivity contribution in [3.63, 3.8) is 0 Å². The summed E-state index contributed by atoms with van der Waals surface area (Å²) >= 11 is 0. The summed E-state index contributed by atoms with van der Waals surface area (Å²) in [4.78, 5) is 24.4. The van der Waals surface area contributed by atoms with E-state index in [9.17, 15) is 9.59 Å². The molecule has 144 valence electrons. The number of anilines is 1. The second-order valence-electron chi connectivity index (χ2n) is 6.55. The quantitative estimate of drug-likeness (QED) is 0.641. The van der Waals surface area contributed by atoms with Crippen molar-refractivity contribution < 1.29 is 14.3 Å². The number of amides is 1. The van der Waals surface area contributed by atoms with Crippen molar-refractivity contribution in [2.24, 2.45) is 0 Å². The number of ether oxygens (including phenoxy) is 1. The molecule has 0 radical (unpaired) electrons. The minimum Gasteiger partial charge on any atom is -0.452 e. The molecule has 0 aliphatic carbocycles. The van der Waals surface area contributed by atoms with E-state index < -0.39 is 18.0 Å². The molecular weight excluding hydrogens is 364 g/mol. The van der Waals surface area contributed by atoms with Crippen molar-refractivity contribution in [2.75, 3.05) is 5.32 Å². The molecule has 5 heteroatoms. The van der Waals surface area contributed by atoms with Gasteiger partial charge in [0, 0.05) is 5.69 Å². The first-order chi connectivity index (χ1) is 14.0. The molecule has 0 spiro atoms. The van der Waals surface area contributed by atoms with Crippen molar-refractivity contribution in [2.45, 2.75) is 19.4 Å². The van der Waals surface area contributed by atoms with E-state index in [1.165, 1.54) is 6.92 Å². The Morgan fingerprint density at radius 2 is 1.55 bits per heavy atom. The first-order valence-electron chi connectivity index (χ1n) is 9.20. The van der Waals surface area contributed by atoms with Crippen LogP contribution >= 0.6 is 0 Å². The molecule has 0 fully saturated rings. The summed E-state index contributed by atoms with van der Waals surface area (Å²) in [6, 6.07) is 26.1. The Labute approximate surface area is 169 Å². The zero-order valence-corrected chi connectivity index (χ0v) is 16.0. The number of rotatable bonds is 6. The minimum absolute atomic E-state index is 0.0869. The lowest BCUT2D eigenvalue weighted by atomic mass is 10.0. The van der Waals surface area contributed by atoms with Gasteiger partial charge in [0.2, 0.25) is 0 Å². The van der Waals surface area contributed by atoms with Crippen molar-refractivity contribution in [3.8, 4) is 17.2 Å². The zero-order chi connectivity index (χ0) is 20.6. The molecule has 1 N–H and O–H groups in total. The van der Waals surface area contributed by atoms with E-state index in [0.717, 1.165) is 16.7 Å². The number of hydrogen-bond acceptors (Lipinski definition) is 4. The lowest BCUT2D eigenvalue weighted by Gasteiger charge is -2.14. The summed E-state index contributed by atoms with van der Waals surface area (Å²) in [6.45, 7) is 1.52. The molecule has 0 aliphatic rings. The number of nitriles is 1. The fourth-order valence-electron chi connectivity index (χ4n) is 2.78. The van der Waals surface area contributed by atoms with Crippen LogP contribution in [0.5, 0.6) is 0 Å². The summed E-state index contributed by atoms with van der Waals surface area (Å²) in [7, 11) is 0. The highest BCUT2D eigenvalue weighted by atomic mass is 16.5. The van der Waals surface area contributed by atoms with E-state index in [-0.39, 0.29) is 6.42 Å². The van der Waals surface area contributed by atoms with Gasteiger partial charge >= 0.3 is 5.97 Å². The van der Waals surface area contributed by atoms with Crippen LogP contribution in [-0.2, 0) is 20.7 Å². The highest BCUT2D eigenvalue weighted by Crippen LogP contribution is 2.19. The Hall–Kier alpha value is -3.91. The first-order valence-corrected chi connectivity index (χ1v) is 9.20. The first kappa shape index (κ1) is 19.8. The maximum absolute atomic E-state index is 12.2. The molecule has 0 saturated carbocycles. The smallest absolute Gasteiger partial charge is 0.311 e. The third kappa shape index (κ3) is 5.53. The number of benzene rings is 3. The highest BCUT2D eigenvalue weighted by Gasteiger charge is 2.18. The van der Waals surface area contributed by atoms with E-state index in [1.807, 2.05) is 60.7 Å². The van der Waals surface area contributed by atoms with Crippen molar-refractivity contribution >= 4 is 17.6 Å². The standard InChI is InChI=1S/C24H20N2O3/c1-17(24(28)26-22-13-9-19(16-25)10-14-22)29-23(27)15-18-7-11-21(12-8-18)20-5-3-2-4-6-20/h2-14,17H,15H2,1H3,(H,26,28). The van der Waals surface area contributed by atoms with E-state index in [0.29, 0.717) is 11.3 Å². The summed E-state index contributed by atoms with van der Waals surface area (Å²) in [5.74, 6) is -0.901. The van der Waals surface area contributed by atoms with Crippen molar-refractivity contribution in [3.05, 3.63) is 90.0 Å². The Morgan fingerprint density at radius 1 is 0.931 bits per heavy atom. The molecule has 0 saturated heterocycles. The molecule has 3 rings (SSSR count). The average molecular weight is 384 g/mol. The van der Waals surface area contributed by atoms with Gasteiger partial charge in [-0.15, -0.1) is 0 Å². The minimum atomic E-state index is -0.929. The fraction of sp³-hybridized carbons (Fsp3) is 0.125. The molecule has 0 aliphatic heterocycles. The van der Waals surface area contributed by atoms with Crippen LogP contribution in [0, 0.1) is 11.3 Å². The number of hydrogen-bond donors (Lipinski definition) is 1. The molecule has 0 heterocycles. The van der Waals surface area contributed by atoms with Crippen LogP contribution in [0.1, 0.15) is 18.1 Å². The fourth-order valence-corrected chi connectivity index (χ4v) is 2.78. The highest BCUT2D eigenvalue weighted by molar-refractivity contribution is 5.95. The van der Waals surface area contributed by atoms with Gasteiger partial charge < -0.3 is 10.1 Å². The Bertz CT molecular complexity index is 1020. The number of carbonyl (C=O) groups is 2. The van der Waals surface area contributed by atoms with E-state index >= 15 is 0 Å². The monoisotopic (exact) mass is 384 g/mol. The van der Waals surface area contributed by atoms with Gasteiger partial charge in [-0.2, -0.15) is 5.26 Å². The van der Waals surface area contributed by atoms with Gasteiger partial charge in [-0.1, -0.05) is 54.6 Å². The molecule has 0 aromatic heterocycles. The third-order valence-corrected chi connectivity index (χ3v) is 4.37. The molecular formula is C24H20N2O3. The van der Waals surface area contributed by atoms with Crippen LogP contribution in [0.15, 0.2) is 78.9 Å². The Balaban J connectivity index is 1.52. The molecule has 1 unspecified atom stereocenters. The van der Waals surface area contributed by atoms with Gasteiger partial charge in [0.1, 0.15) is 0 Å². The Kier molecular flexibility index (Phi) is 6.39. The van der Waals surface area contributed by atoms with E-state index in [2.05, 4.69) is 5.32 Å². The number of nitrogens with one attached hydrogen (secondary N) is 1. The van der Waals surface area contributed by atoms with Crippen LogP contribution in [0.3, 0.4) is 0 Å². The molecule has 1 atom stereocenters. The SMILES string of the molecule is CC(OC(=O)Cc1ccc(-c2ccccc2)cc1)C(=O)Nc1ccc(C#N)cc1. The van der Waals surface area contributed by atoms with E-state index in [1.54, 1.807) is 24.3 Å². The van der Waals surface area contributed by atoms with Gasteiger partial charge in [0.15, 0.2) is 6.10 Å². The topological polar surface area (TPSA) is 79.2 Å². The Morgan fingerprint density at radius 3 is 2.17 bits per heavy atom. The van der Waals surface area contributed by atoms with Crippen LogP contribution in [-0.4, -0.2) is 18.0 Å². The third-order valence-electron chi connectivity index (χ3n) is 4.37. The van der Waals surface area contributed by atoms with Crippen molar-refractivity contribution in [1.29, 1.82) is 5.26 Å². The second kappa shape index (κ2) is 9.34. The van der Waals surface area contributed by atoms with Gasteiger partial charge in [0.25, 0.3) is 5.91 Å². The van der Waals surface area contributed by atoms with Crippen LogP contribution in [0.2, 0.25) is 0 Å². The number of esters is 1. The second-order valence-corrected chi connectivity index (χ2v) is 6.55. The molecule has 5 nitrogen and oxygen atoms in total. The lowest BCUT2D eigenvalue weighted by molar-refractivity contribution is -0.152. The summed E-state index contributed by atoms with van der Waals surface area (Å²) in [6.07, 6.45) is -0.842. The zero-order valence-electron chi connectivity index (χ0n) is 16.0. The van der Waals surface area contributed by atoms with Crippen LogP contribution < -0.4 is 5.32 Å². The molecule has 3 aromatic rings. The average Bonchev–Trinajstić information content (AvgIpc) is 2.75. The van der Waals surface area contributed by atoms with Gasteiger partial charge in [-0.3, -0.25) is 9.59 Å². The van der Waals surface area contributed by atoms with Crippen molar-refractivity contribution in [1.82, 2.24) is 0 Å². The molecule has 0 bridgehead atoms. The summed E-state index contributed by atoms with van der Waals surface area (Å²) in [5.41, 5.74) is 4.02. The van der Waals surface area contributed by atoms with Gasteiger partial charge in [-0.25, -0.2) is 0 Å². The summed E-state index contributed by atoms with van der Waals surface area (Å²) in [5, 5.41) is 11.5. The van der Waals surface area contributed by atoms with Crippen LogP contribution in [0.4, 0.5) is 5.69 Å². The normalized spacial score (nSPS) is 11.2. The lowest BCUT2D eigenvalue weighted by Crippen LogP contribution is -2.30. The number of nitrogens with zero attached hydrogens (tertiary/aromatic N) is 1. The van der Waals surface area contributed by atoms with Gasteiger partial charge in [-0.05, 0) is 47.9 Å². The maximum atomic E-state index is 12.2. The van der Waals surface area contributed by atoms with Gasteiger partial charge in [0.05, 0.1) is 18.1 Å². The number of carbonyl (C=O) groups excluding carboxylic acids is 2.